The summed E-state index contributed by atoms with van der Waals surface area (Å²) in [6.07, 6.45) is 2.44. The van der Waals surface area contributed by atoms with Crippen LogP contribution in [0.2, 0.25) is 5.02 Å². The van der Waals surface area contributed by atoms with Crippen LogP contribution < -0.4 is 5.32 Å². The number of rotatable bonds is 5. The molecule has 4 nitrogen and oxygen atoms in total. The monoisotopic (exact) mass is 343 g/mol. The zero-order valence-electron chi connectivity index (χ0n) is 12.2. The average Bonchev–Trinajstić information content (AvgIpc) is 3.05. The lowest BCUT2D eigenvalue weighted by Gasteiger charge is -2.04. The summed E-state index contributed by atoms with van der Waals surface area (Å²) < 4.78 is 0. The Bertz CT molecular complexity index is 787. The molecule has 2 aromatic heterocycles. The van der Waals surface area contributed by atoms with E-state index in [4.69, 9.17) is 11.6 Å². The summed E-state index contributed by atoms with van der Waals surface area (Å²) in [6, 6.07) is 12.6. The zero-order valence-corrected chi connectivity index (χ0v) is 13.8. The first-order valence-corrected chi connectivity index (χ1v) is 8.38. The van der Waals surface area contributed by atoms with E-state index >= 15 is 0 Å². The summed E-state index contributed by atoms with van der Waals surface area (Å²) in [4.78, 5) is 20.8. The molecule has 0 radical (unpaired) electrons. The molecular weight excluding hydrogens is 330 g/mol. The van der Waals surface area contributed by atoms with E-state index in [9.17, 15) is 4.79 Å². The van der Waals surface area contributed by atoms with E-state index in [2.05, 4.69) is 15.3 Å². The molecule has 1 aromatic carbocycles. The van der Waals surface area contributed by atoms with Crippen molar-refractivity contribution in [3.8, 4) is 10.7 Å². The van der Waals surface area contributed by atoms with Gasteiger partial charge in [-0.2, -0.15) is 0 Å². The summed E-state index contributed by atoms with van der Waals surface area (Å²) in [7, 11) is 0. The Kier molecular flexibility index (Phi) is 5.00. The number of hydrogen-bond acceptors (Lipinski definition) is 4. The molecule has 0 aliphatic carbocycles. The zero-order chi connectivity index (χ0) is 16.1. The molecule has 0 saturated heterocycles. The number of carbonyl (C=O) groups is 1. The molecule has 0 bridgehead atoms. The molecular formula is C17H14ClN3OS. The second kappa shape index (κ2) is 7.35. The van der Waals surface area contributed by atoms with Crippen molar-refractivity contribution >= 4 is 28.8 Å². The Morgan fingerprint density at radius 3 is 2.74 bits per heavy atom. The Balaban J connectivity index is 1.54. The van der Waals surface area contributed by atoms with Gasteiger partial charge >= 0.3 is 0 Å². The van der Waals surface area contributed by atoms with Crippen molar-refractivity contribution in [3.63, 3.8) is 0 Å². The van der Waals surface area contributed by atoms with E-state index in [1.807, 2.05) is 23.6 Å². The number of hydrogen-bond donors (Lipinski definition) is 1. The maximum atomic E-state index is 12.0. The van der Waals surface area contributed by atoms with Crippen LogP contribution in [-0.2, 0) is 6.42 Å². The molecule has 1 N–H and O–H groups in total. The van der Waals surface area contributed by atoms with Crippen molar-refractivity contribution < 1.29 is 4.79 Å². The summed E-state index contributed by atoms with van der Waals surface area (Å²) in [5.74, 6) is -0.109. The highest BCUT2D eigenvalue weighted by Gasteiger charge is 2.07. The molecule has 0 aliphatic heterocycles. The maximum Gasteiger partial charge on any atom is 0.251 e. The highest BCUT2D eigenvalue weighted by Crippen LogP contribution is 2.21. The smallest absolute Gasteiger partial charge is 0.251 e. The van der Waals surface area contributed by atoms with E-state index in [-0.39, 0.29) is 5.91 Å². The summed E-state index contributed by atoms with van der Waals surface area (Å²) in [5.41, 5.74) is 2.42. The lowest BCUT2D eigenvalue weighted by molar-refractivity contribution is 0.0954. The van der Waals surface area contributed by atoms with Crippen molar-refractivity contribution in [1.29, 1.82) is 0 Å². The van der Waals surface area contributed by atoms with Gasteiger partial charge in [0.25, 0.3) is 5.91 Å². The standard InChI is InChI=1S/C17H14ClN3OS/c18-13-6-4-12(5-7-13)16(22)20-10-8-14-11-23-17(21-14)15-3-1-2-9-19-15/h1-7,9,11H,8,10H2,(H,20,22). The van der Waals surface area contributed by atoms with Crippen LogP contribution in [0.4, 0.5) is 0 Å². The van der Waals surface area contributed by atoms with Crippen LogP contribution in [0.5, 0.6) is 0 Å². The molecule has 0 fully saturated rings. The predicted molar refractivity (Wildman–Crippen MR) is 92.8 cm³/mol. The molecule has 0 unspecified atom stereocenters. The van der Waals surface area contributed by atoms with Gasteiger partial charge in [0.05, 0.1) is 11.4 Å². The number of amides is 1. The summed E-state index contributed by atoms with van der Waals surface area (Å²) in [6.45, 7) is 0.535. The Morgan fingerprint density at radius 2 is 2.00 bits per heavy atom. The molecule has 1 amide bonds. The van der Waals surface area contributed by atoms with E-state index in [1.54, 1.807) is 41.8 Å². The summed E-state index contributed by atoms with van der Waals surface area (Å²) >= 11 is 7.37. The topological polar surface area (TPSA) is 54.9 Å². The van der Waals surface area contributed by atoms with E-state index in [0.717, 1.165) is 16.4 Å². The van der Waals surface area contributed by atoms with Crippen molar-refractivity contribution in [3.05, 3.63) is 70.3 Å². The highest BCUT2D eigenvalue weighted by atomic mass is 35.5. The average molecular weight is 344 g/mol. The fourth-order valence-electron chi connectivity index (χ4n) is 2.04. The third-order valence-corrected chi connectivity index (χ3v) is 4.37. The number of benzene rings is 1. The molecule has 0 aliphatic rings. The van der Waals surface area contributed by atoms with Crippen molar-refractivity contribution in [2.45, 2.75) is 6.42 Å². The van der Waals surface area contributed by atoms with Crippen LogP contribution >= 0.6 is 22.9 Å². The molecule has 116 valence electrons. The molecule has 0 saturated carbocycles. The second-order valence-electron chi connectivity index (χ2n) is 4.87. The van der Waals surface area contributed by atoms with Gasteiger partial charge in [-0.1, -0.05) is 17.7 Å². The first kappa shape index (κ1) is 15.6. The number of aromatic nitrogens is 2. The van der Waals surface area contributed by atoms with Crippen molar-refractivity contribution in [1.82, 2.24) is 15.3 Å². The van der Waals surface area contributed by atoms with Gasteiger partial charge in [-0.3, -0.25) is 9.78 Å². The first-order chi connectivity index (χ1) is 11.2. The van der Waals surface area contributed by atoms with Crippen LogP contribution in [0.1, 0.15) is 16.1 Å². The van der Waals surface area contributed by atoms with Crippen LogP contribution in [0.25, 0.3) is 10.7 Å². The molecule has 3 aromatic rings. The van der Waals surface area contributed by atoms with Gasteiger partial charge in [-0.05, 0) is 36.4 Å². The third kappa shape index (κ3) is 4.15. The Morgan fingerprint density at radius 1 is 1.17 bits per heavy atom. The Labute approximate surface area is 143 Å². The van der Waals surface area contributed by atoms with E-state index < -0.39 is 0 Å². The van der Waals surface area contributed by atoms with Gasteiger partial charge in [0, 0.05) is 35.1 Å². The van der Waals surface area contributed by atoms with Crippen LogP contribution in [-0.4, -0.2) is 22.4 Å². The number of pyridine rings is 1. The van der Waals surface area contributed by atoms with E-state index in [0.29, 0.717) is 23.6 Å². The largest absolute Gasteiger partial charge is 0.352 e. The van der Waals surface area contributed by atoms with Crippen molar-refractivity contribution in [2.75, 3.05) is 6.54 Å². The second-order valence-corrected chi connectivity index (χ2v) is 6.17. The lowest BCUT2D eigenvalue weighted by Crippen LogP contribution is -2.25. The minimum atomic E-state index is -0.109. The van der Waals surface area contributed by atoms with Crippen molar-refractivity contribution in [2.24, 2.45) is 0 Å². The number of halogens is 1. The molecule has 0 atom stereocenters. The number of nitrogens with one attached hydrogen (secondary N) is 1. The lowest BCUT2D eigenvalue weighted by atomic mass is 10.2. The molecule has 2 heterocycles. The third-order valence-electron chi connectivity index (χ3n) is 3.21. The van der Waals surface area contributed by atoms with Gasteiger partial charge in [0.15, 0.2) is 0 Å². The molecule has 0 spiro atoms. The van der Waals surface area contributed by atoms with Crippen LogP contribution in [0.15, 0.2) is 54.0 Å². The number of thiazole rings is 1. The van der Waals surface area contributed by atoms with Gasteiger partial charge in [-0.25, -0.2) is 4.98 Å². The quantitative estimate of drug-likeness (QED) is 0.766. The van der Waals surface area contributed by atoms with Gasteiger partial charge in [0.1, 0.15) is 5.01 Å². The molecule has 23 heavy (non-hydrogen) atoms. The molecule has 3 rings (SSSR count). The Hall–Kier alpha value is -2.24. The van der Waals surface area contributed by atoms with Gasteiger partial charge in [-0.15, -0.1) is 11.3 Å². The van der Waals surface area contributed by atoms with Crippen LogP contribution in [0, 0.1) is 0 Å². The predicted octanol–water partition coefficient (Wildman–Crippen LogP) is 3.83. The normalized spacial score (nSPS) is 10.5. The molecule has 6 heteroatoms. The maximum absolute atomic E-state index is 12.0. The SMILES string of the molecule is O=C(NCCc1csc(-c2ccccn2)n1)c1ccc(Cl)cc1. The fraction of sp³-hybridized carbons (Fsp3) is 0.118. The first-order valence-electron chi connectivity index (χ1n) is 7.12. The van der Waals surface area contributed by atoms with Gasteiger partial charge < -0.3 is 5.32 Å². The van der Waals surface area contributed by atoms with Crippen LogP contribution in [0.3, 0.4) is 0 Å². The summed E-state index contributed by atoms with van der Waals surface area (Å²) in [5, 5.41) is 6.39. The minimum Gasteiger partial charge on any atom is -0.352 e. The minimum absolute atomic E-state index is 0.109. The van der Waals surface area contributed by atoms with Gasteiger partial charge in [0.2, 0.25) is 0 Å². The number of nitrogens with zero attached hydrogens (tertiary/aromatic N) is 2. The number of carbonyl (C=O) groups excluding carboxylic acids is 1. The highest BCUT2D eigenvalue weighted by molar-refractivity contribution is 7.13. The van der Waals surface area contributed by atoms with E-state index in [1.165, 1.54) is 0 Å². The fourth-order valence-corrected chi connectivity index (χ4v) is 2.99.